The number of hydrogen-bond donors (Lipinski definition) is 0. The Morgan fingerprint density at radius 1 is 1.64 bits per heavy atom. The van der Waals surface area contributed by atoms with E-state index < -0.39 is 6.17 Å². The molecule has 1 fully saturated rings. The van der Waals surface area contributed by atoms with Gasteiger partial charge in [-0.2, -0.15) is 0 Å². The van der Waals surface area contributed by atoms with Crippen LogP contribution in [0.4, 0.5) is 4.39 Å². The highest BCUT2D eigenvalue weighted by molar-refractivity contribution is 5.69. The predicted octanol–water partition coefficient (Wildman–Crippen LogP) is 1.69. The zero-order chi connectivity index (χ0) is 8.27. The molecule has 0 aromatic heterocycles. The van der Waals surface area contributed by atoms with Gasteiger partial charge in [0.1, 0.15) is 6.17 Å². The zero-order valence-electron chi connectivity index (χ0n) is 6.68. The second-order valence-corrected chi connectivity index (χ2v) is 2.99. The Morgan fingerprint density at radius 3 is 2.82 bits per heavy atom. The smallest absolute Gasteiger partial charge is 0.305 e. The van der Waals surface area contributed by atoms with Crippen LogP contribution in [0.5, 0.6) is 0 Å². The van der Waals surface area contributed by atoms with E-state index in [9.17, 15) is 9.18 Å². The van der Waals surface area contributed by atoms with Crippen molar-refractivity contribution in [3.05, 3.63) is 0 Å². The van der Waals surface area contributed by atoms with Crippen LogP contribution in [0.15, 0.2) is 0 Å². The molecule has 2 nitrogen and oxygen atoms in total. The molecule has 1 saturated carbocycles. The maximum atomic E-state index is 12.9. The molecular weight excluding hydrogens is 147 g/mol. The first kappa shape index (κ1) is 8.50. The monoisotopic (exact) mass is 160 g/mol. The van der Waals surface area contributed by atoms with E-state index >= 15 is 0 Å². The highest BCUT2D eigenvalue weighted by Crippen LogP contribution is 2.30. The fourth-order valence-electron chi connectivity index (χ4n) is 1.52. The minimum Gasteiger partial charge on any atom is -0.469 e. The Labute approximate surface area is 65.7 Å². The van der Waals surface area contributed by atoms with Crippen LogP contribution in [-0.4, -0.2) is 19.3 Å². The van der Waals surface area contributed by atoms with Crippen LogP contribution in [-0.2, 0) is 9.53 Å². The summed E-state index contributed by atoms with van der Waals surface area (Å²) in [6, 6.07) is 0. The predicted molar refractivity (Wildman–Crippen MR) is 38.9 cm³/mol. The molecule has 0 N–H and O–H groups in total. The molecule has 0 aliphatic heterocycles. The van der Waals surface area contributed by atoms with Gasteiger partial charge in [-0.15, -0.1) is 0 Å². The molecule has 1 aliphatic carbocycles. The number of hydrogen-bond acceptors (Lipinski definition) is 2. The Morgan fingerprint density at radius 2 is 2.36 bits per heavy atom. The molecule has 0 heterocycles. The van der Waals surface area contributed by atoms with Crippen LogP contribution in [0.1, 0.15) is 25.7 Å². The van der Waals surface area contributed by atoms with E-state index in [0.717, 1.165) is 12.8 Å². The van der Waals surface area contributed by atoms with E-state index in [1.807, 2.05) is 0 Å². The molecule has 0 spiro atoms. The normalized spacial score (nSPS) is 30.4. The van der Waals surface area contributed by atoms with Crippen molar-refractivity contribution >= 4 is 5.97 Å². The summed E-state index contributed by atoms with van der Waals surface area (Å²) in [6.45, 7) is 0. The van der Waals surface area contributed by atoms with Gasteiger partial charge < -0.3 is 4.74 Å². The molecule has 0 aromatic rings. The Bertz CT molecular complexity index is 147. The molecule has 0 bridgehead atoms. The Hall–Kier alpha value is -0.600. The molecule has 0 saturated heterocycles. The highest BCUT2D eigenvalue weighted by atomic mass is 19.1. The van der Waals surface area contributed by atoms with Gasteiger partial charge in [-0.3, -0.25) is 4.79 Å². The molecule has 0 aromatic carbocycles. The summed E-state index contributed by atoms with van der Waals surface area (Å²) in [5.74, 6) is -0.373. The number of alkyl halides is 1. The van der Waals surface area contributed by atoms with Gasteiger partial charge in [0.25, 0.3) is 0 Å². The largest absolute Gasteiger partial charge is 0.469 e. The lowest BCUT2D eigenvalue weighted by Crippen LogP contribution is -2.14. The second-order valence-electron chi connectivity index (χ2n) is 2.99. The number of esters is 1. The van der Waals surface area contributed by atoms with E-state index in [4.69, 9.17) is 0 Å². The third-order valence-electron chi connectivity index (χ3n) is 2.22. The SMILES string of the molecule is COC(=O)CC1CCCC1F. The van der Waals surface area contributed by atoms with E-state index in [-0.39, 0.29) is 18.3 Å². The van der Waals surface area contributed by atoms with Crippen molar-refractivity contribution < 1.29 is 13.9 Å². The first-order valence-corrected chi connectivity index (χ1v) is 3.95. The van der Waals surface area contributed by atoms with Crippen LogP contribution < -0.4 is 0 Å². The number of carbonyl (C=O) groups is 1. The van der Waals surface area contributed by atoms with E-state index in [2.05, 4.69) is 4.74 Å². The molecular formula is C8H13FO2. The van der Waals surface area contributed by atoms with Crippen LogP contribution >= 0.6 is 0 Å². The van der Waals surface area contributed by atoms with Crippen molar-refractivity contribution in [1.82, 2.24) is 0 Å². The Balaban J connectivity index is 2.30. The molecule has 3 heteroatoms. The van der Waals surface area contributed by atoms with Gasteiger partial charge in [-0.25, -0.2) is 4.39 Å². The maximum Gasteiger partial charge on any atom is 0.305 e. The summed E-state index contributed by atoms with van der Waals surface area (Å²) in [7, 11) is 1.34. The molecule has 1 rings (SSSR count). The van der Waals surface area contributed by atoms with Crippen molar-refractivity contribution in [1.29, 1.82) is 0 Å². The quantitative estimate of drug-likeness (QED) is 0.574. The summed E-state index contributed by atoms with van der Waals surface area (Å²) in [5, 5.41) is 0. The van der Waals surface area contributed by atoms with Gasteiger partial charge in [-0.05, 0) is 12.8 Å². The molecule has 1 aliphatic rings. The lowest BCUT2D eigenvalue weighted by molar-refractivity contribution is -0.142. The number of carbonyl (C=O) groups excluding carboxylic acids is 1. The molecule has 2 unspecified atom stereocenters. The van der Waals surface area contributed by atoms with Crippen LogP contribution in [0, 0.1) is 5.92 Å². The molecule has 0 radical (unpaired) electrons. The van der Waals surface area contributed by atoms with Crippen molar-refractivity contribution in [2.75, 3.05) is 7.11 Å². The van der Waals surface area contributed by atoms with Gasteiger partial charge >= 0.3 is 5.97 Å². The number of halogens is 1. The summed E-state index contributed by atoms with van der Waals surface area (Å²) in [5.41, 5.74) is 0. The van der Waals surface area contributed by atoms with E-state index in [1.165, 1.54) is 7.11 Å². The van der Waals surface area contributed by atoms with Gasteiger partial charge in [0.05, 0.1) is 13.5 Å². The van der Waals surface area contributed by atoms with Crippen LogP contribution in [0.3, 0.4) is 0 Å². The maximum absolute atomic E-state index is 12.9. The van der Waals surface area contributed by atoms with Gasteiger partial charge in [0.2, 0.25) is 0 Å². The minimum atomic E-state index is -0.783. The highest BCUT2D eigenvalue weighted by Gasteiger charge is 2.28. The topological polar surface area (TPSA) is 26.3 Å². The van der Waals surface area contributed by atoms with Crippen molar-refractivity contribution in [3.8, 4) is 0 Å². The van der Waals surface area contributed by atoms with Gasteiger partial charge in [0.15, 0.2) is 0 Å². The second kappa shape index (κ2) is 3.69. The lowest BCUT2D eigenvalue weighted by Gasteiger charge is -2.09. The third-order valence-corrected chi connectivity index (χ3v) is 2.22. The number of ether oxygens (including phenoxy) is 1. The standard InChI is InChI=1S/C8H13FO2/c1-11-8(10)5-6-3-2-4-7(6)9/h6-7H,2-5H2,1H3. The average molecular weight is 160 g/mol. The fourth-order valence-corrected chi connectivity index (χ4v) is 1.52. The minimum absolute atomic E-state index is 0.0811. The van der Waals surface area contributed by atoms with E-state index in [0.29, 0.717) is 6.42 Å². The Kier molecular flexibility index (Phi) is 2.85. The third kappa shape index (κ3) is 2.17. The van der Waals surface area contributed by atoms with Gasteiger partial charge in [-0.1, -0.05) is 6.42 Å². The summed E-state index contributed by atoms with van der Waals surface area (Å²) >= 11 is 0. The molecule has 11 heavy (non-hydrogen) atoms. The van der Waals surface area contributed by atoms with Crippen molar-refractivity contribution in [3.63, 3.8) is 0 Å². The molecule has 0 amide bonds. The van der Waals surface area contributed by atoms with Crippen molar-refractivity contribution in [2.24, 2.45) is 5.92 Å². The van der Waals surface area contributed by atoms with Crippen LogP contribution in [0.2, 0.25) is 0 Å². The van der Waals surface area contributed by atoms with Gasteiger partial charge in [0, 0.05) is 5.92 Å². The number of methoxy groups -OCH3 is 1. The first-order valence-electron chi connectivity index (χ1n) is 3.95. The molecule has 64 valence electrons. The summed E-state index contributed by atoms with van der Waals surface area (Å²) < 4.78 is 17.3. The first-order chi connectivity index (χ1) is 5.24. The van der Waals surface area contributed by atoms with Crippen molar-refractivity contribution in [2.45, 2.75) is 31.9 Å². The average Bonchev–Trinajstić information content (AvgIpc) is 2.37. The zero-order valence-corrected chi connectivity index (χ0v) is 6.68. The lowest BCUT2D eigenvalue weighted by atomic mass is 10.0. The number of rotatable bonds is 2. The molecule has 2 atom stereocenters. The van der Waals surface area contributed by atoms with Crippen LogP contribution in [0.25, 0.3) is 0 Å². The fraction of sp³-hybridized carbons (Fsp3) is 0.875. The summed E-state index contributed by atoms with van der Waals surface area (Å²) in [4.78, 5) is 10.7. The van der Waals surface area contributed by atoms with E-state index in [1.54, 1.807) is 0 Å². The summed E-state index contributed by atoms with van der Waals surface area (Å²) in [6.07, 6.45) is 1.81.